The number of terminal acetylenes is 1. The fourth-order valence-corrected chi connectivity index (χ4v) is 3.20. The molecule has 2 fully saturated rings. The molecule has 2 atom stereocenters. The first-order valence-electron chi connectivity index (χ1n) is 9.27. The number of hydrogen-bond acceptors (Lipinski definition) is 6. The lowest BCUT2D eigenvalue weighted by molar-refractivity contribution is -0.151. The van der Waals surface area contributed by atoms with Gasteiger partial charge in [0.1, 0.15) is 13.2 Å². The highest BCUT2D eigenvalue weighted by Crippen LogP contribution is 2.59. The molecular weight excluding hydrogens is 362 g/mol. The average Bonchev–Trinajstić information content (AvgIpc) is 3.05. The Morgan fingerprint density at radius 3 is 2.79 bits per heavy atom. The van der Waals surface area contributed by atoms with E-state index in [9.17, 15) is 14.4 Å². The first kappa shape index (κ1) is 21.5. The first-order chi connectivity index (χ1) is 13.2. The van der Waals surface area contributed by atoms with Gasteiger partial charge in [-0.3, -0.25) is 9.59 Å². The van der Waals surface area contributed by atoms with Crippen LogP contribution in [-0.4, -0.2) is 60.3 Å². The number of imide groups is 1. The molecule has 1 aliphatic heterocycles. The minimum absolute atomic E-state index is 0.0134. The molecule has 1 aliphatic carbocycles. The molecule has 8 nitrogen and oxygen atoms in total. The van der Waals surface area contributed by atoms with E-state index >= 15 is 0 Å². The quantitative estimate of drug-likeness (QED) is 0.150. The van der Waals surface area contributed by atoms with Crippen molar-refractivity contribution in [2.75, 3.05) is 26.4 Å². The molecule has 0 aromatic rings. The van der Waals surface area contributed by atoms with Crippen LogP contribution in [0.4, 0.5) is 4.79 Å². The standard InChI is InChI=1S/C20H27N3O5/c1-6-8-22-12-16(24)23(19(22)26)13-27-18(25)17-15(20(17,4)5)10-14(3)11-21-28-9-7-2/h1,10-11,15,17H,7-9,12-13H2,2-5H3/b14-10+,21-11+/t15-,17+/m1/s1. The van der Waals surface area contributed by atoms with E-state index in [0.717, 1.165) is 16.9 Å². The highest BCUT2D eigenvalue weighted by molar-refractivity contribution is 6.02. The smallest absolute Gasteiger partial charge is 0.330 e. The molecule has 0 unspecified atom stereocenters. The molecule has 0 spiro atoms. The Bertz CT molecular complexity index is 735. The number of rotatable bonds is 9. The van der Waals surface area contributed by atoms with E-state index in [-0.39, 0.29) is 30.3 Å². The van der Waals surface area contributed by atoms with Gasteiger partial charge in [-0.2, -0.15) is 0 Å². The predicted molar refractivity (Wildman–Crippen MR) is 103 cm³/mol. The maximum Gasteiger partial charge on any atom is 0.330 e. The summed E-state index contributed by atoms with van der Waals surface area (Å²) in [6.45, 7) is 7.93. The van der Waals surface area contributed by atoms with Crippen molar-refractivity contribution in [2.24, 2.45) is 22.4 Å². The van der Waals surface area contributed by atoms with Crippen LogP contribution in [0.1, 0.15) is 34.1 Å². The molecule has 2 rings (SSSR count). The Morgan fingerprint density at radius 1 is 1.43 bits per heavy atom. The van der Waals surface area contributed by atoms with Crippen LogP contribution in [0.2, 0.25) is 0 Å². The van der Waals surface area contributed by atoms with Crippen LogP contribution in [0.15, 0.2) is 16.8 Å². The van der Waals surface area contributed by atoms with Gasteiger partial charge in [0.2, 0.25) is 0 Å². The third-order valence-corrected chi connectivity index (χ3v) is 4.98. The van der Waals surface area contributed by atoms with E-state index in [2.05, 4.69) is 11.1 Å². The summed E-state index contributed by atoms with van der Waals surface area (Å²) in [5, 5.41) is 3.88. The van der Waals surface area contributed by atoms with Crippen LogP contribution < -0.4 is 0 Å². The van der Waals surface area contributed by atoms with Crippen molar-refractivity contribution in [3.8, 4) is 12.3 Å². The molecular formula is C20H27N3O5. The Morgan fingerprint density at radius 2 is 2.14 bits per heavy atom. The summed E-state index contributed by atoms with van der Waals surface area (Å²) in [4.78, 5) is 43.7. The van der Waals surface area contributed by atoms with Gasteiger partial charge in [0.05, 0.1) is 18.7 Å². The summed E-state index contributed by atoms with van der Waals surface area (Å²) in [7, 11) is 0. The maximum atomic E-state index is 12.5. The van der Waals surface area contributed by atoms with E-state index in [0.29, 0.717) is 6.61 Å². The van der Waals surface area contributed by atoms with E-state index < -0.39 is 24.6 Å². The molecule has 1 saturated carbocycles. The Balaban J connectivity index is 1.90. The molecule has 28 heavy (non-hydrogen) atoms. The summed E-state index contributed by atoms with van der Waals surface area (Å²) in [6, 6.07) is -0.540. The van der Waals surface area contributed by atoms with Gasteiger partial charge in [-0.15, -0.1) is 6.42 Å². The normalized spacial score (nSPS) is 23.9. The summed E-state index contributed by atoms with van der Waals surface area (Å²) in [5.74, 6) is 1.10. The summed E-state index contributed by atoms with van der Waals surface area (Å²) in [5.41, 5.74) is 0.615. The minimum Gasteiger partial charge on any atom is -0.443 e. The molecule has 152 valence electrons. The topological polar surface area (TPSA) is 88.5 Å². The van der Waals surface area contributed by atoms with Crippen molar-refractivity contribution >= 4 is 24.1 Å². The lowest BCUT2D eigenvalue weighted by Gasteiger charge is -2.15. The van der Waals surface area contributed by atoms with Crippen molar-refractivity contribution in [3.63, 3.8) is 0 Å². The lowest BCUT2D eigenvalue weighted by atomic mass is 10.1. The number of carbonyl (C=O) groups is 3. The zero-order valence-electron chi connectivity index (χ0n) is 16.8. The van der Waals surface area contributed by atoms with Crippen LogP contribution in [-0.2, 0) is 19.2 Å². The van der Waals surface area contributed by atoms with Crippen LogP contribution in [0.5, 0.6) is 0 Å². The van der Waals surface area contributed by atoms with Gasteiger partial charge in [-0.25, -0.2) is 9.69 Å². The molecule has 0 N–H and O–H groups in total. The third-order valence-electron chi connectivity index (χ3n) is 4.98. The largest absolute Gasteiger partial charge is 0.443 e. The Hall–Kier alpha value is -2.82. The van der Waals surface area contributed by atoms with Crippen molar-refractivity contribution < 1.29 is 24.0 Å². The molecule has 1 saturated heterocycles. The van der Waals surface area contributed by atoms with E-state index in [1.165, 1.54) is 4.90 Å². The Kier molecular flexibility index (Phi) is 6.84. The van der Waals surface area contributed by atoms with Gasteiger partial charge >= 0.3 is 12.0 Å². The minimum atomic E-state index is -0.540. The number of esters is 1. The Labute approximate surface area is 165 Å². The van der Waals surface area contributed by atoms with Crippen molar-refractivity contribution in [1.29, 1.82) is 0 Å². The third kappa shape index (κ3) is 4.71. The lowest BCUT2D eigenvalue weighted by Crippen LogP contribution is -2.36. The number of amides is 3. The zero-order valence-corrected chi connectivity index (χ0v) is 16.8. The van der Waals surface area contributed by atoms with E-state index in [4.69, 9.17) is 16.0 Å². The second-order valence-corrected chi connectivity index (χ2v) is 7.56. The summed E-state index contributed by atoms with van der Waals surface area (Å²) >= 11 is 0. The number of nitrogens with zero attached hydrogens (tertiary/aromatic N) is 3. The zero-order chi connectivity index (χ0) is 20.9. The van der Waals surface area contributed by atoms with Gasteiger partial charge in [0.25, 0.3) is 5.91 Å². The molecule has 1 heterocycles. The van der Waals surface area contributed by atoms with Crippen LogP contribution in [0.25, 0.3) is 0 Å². The maximum absolute atomic E-state index is 12.5. The highest BCUT2D eigenvalue weighted by atomic mass is 16.6. The van der Waals surface area contributed by atoms with Crippen LogP contribution >= 0.6 is 0 Å². The second kappa shape index (κ2) is 8.91. The van der Waals surface area contributed by atoms with Crippen molar-refractivity contribution in [2.45, 2.75) is 34.1 Å². The van der Waals surface area contributed by atoms with Gasteiger partial charge < -0.3 is 14.5 Å². The van der Waals surface area contributed by atoms with Gasteiger partial charge in [-0.05, 0) is 30.3 Å². The number of oxime groups is 1. The number of hydrogen-bond donors (Lipinski definition) is 0. The summed E-state index contributed by atoms with van der Waals surface area (Å²) < 4.78 is 5.26. The second-order valence-electron chi connectivity index (χ2n) is 7.56. The van der Waals surface area contributed by atoms with Gasteiger partial charge in [0, 0.05) is 0 Å². The molecule has 0 aromatic heterocycles. The molecule has 8 heteroatoms. The first-order valence-corrected chi connectivity index (χ1v) is 9.27. The molecule has 3 amide bonds. The number of allylic oxidation sites excluding steroid dienone is 2. The van der Waals surface area contributed by atoms with Gasteiger partial charge in [0.15, 0.2) is 6.73 Å². The fraction of sp³-hybridized carbons (Fsp3) is 0.600. The average molecular weight is 389 g/mol. The number of carbonyl (C=O) groups excluding carboxylic acids is 3. The number of ether oxygens (including phenoxy) is 1. The van der Waals surface area contributed by atoms with E-state index in [1.807, 2.05) is 33.8 Å². The molecule has 0 bridgehead atoms. The SMILES string of the molecule is C#CCN1CC(=O)N(COC(=O)[C@@H]2[C@@H](/C=C(C)/C=N/OCCC)C2(C)C)C1=O. The molecule has 2 aliphatic rings. The summed E-state index contributed by atoms with van der Waals surface area (Å²) in [6.07, 6.45) is 9.64. The monoisotopic (exact) mass is 389 g/mol. The molecule has 0 radical (unpaired) electrons. The van der Waals surface area contributed by atoms with Crippen molar-refractivity contribution in [1.82, 2.24) is 9.80 Å². The van der Waals surface area contributed by atoms with Crippen LogP contribution in [0.3, 0.4) is 0 Å². The molecule has 0 aromatic carbocycles. The predicted octanol–water partition coefficient (Wildman–Crippen LogP) is 2.02. The highest BCUT2D eigenvalue weighted by Gasteiger charge is 2.61. The van der Waals surface area contributed by atoms with Crippen molar-refractivity contribution in [3.05, 3.63) is 11.6 Å². The van der Waals surface area contributed by atoms with Crippen LogP contribution in [0, 0.1) is 29.6 Å². The van der Waals surface area contributed by atoms with Gasteiger partial charge in [-0.1, -0.05) is 37.9 Å². The fourth-order valence-electron chi connectivity index (χ4n) is 3.20. The number of urea groups is 1. The van der Waals surface area contributed by atoms with E-state index in [1.54, 1.807) is 6.21 Å².